The molecule has 0 saturated carbocycles. The quantitative estimate of drug-likeness (QED) is 0.521. The molecule has 0 N–H and O–H groups in total. The van der Waals surface area contributed by atoms with E-state index in [1.54, 1.807) is 4.50 Å². The topological polar surface area (TPSA) is 0 Å². The Hall–Kier alpha value is -0.0831. The molecule has 0 spiro atoms. The Balaban J connectivity index is 2.77. The SMILES string of the molecule is C[SiH](C)c1cccs1. The molecule has 0 fully saturated rings. The average molecular weight is 142 g/mol. The van der Waals surface area contributed by atoms with Crippen LogP contribution in [-0.2, 0) is 0 Å². The summed E-state index contributed by atoms with van der Waals surface area (Å²) in [6.45, 7) is 4.71. The van der Waals surface area contributed by atoms with Gasteiger partial charge in [0.05, 0.1) is 8.80 Å². The maximum Gasteiger partial charge on any atom is 0.0775 e. The molecule has 1 rings (SSSR count). The molecule has 0 aliphatic rings. The van der Waals surface area contributed by atoms with Crippen molar-refractivity contribution in [1.82, 2.24) is 0 Å². The third kappa shape index (κ3) is 1.20. The summed E-state index contributed by atoms with van der Waals surface area (Å²) in [5.74, 6) is 0. The van der Waals surface area contributed by atoms with Crippen molar-refractivity contribution >= 4 is 24.6 Å². The van der Waals surface area contributed by atoms with Crippen LogP contribution in [0.1, 0.15) is 0 Å². The van der Waals surface area contributed by atoms with Crippen LogP contribution >= 0.6 is 11.3 Å². The van der Waals surface area contributed by atoms with Gasteiger partial charge in [-0.05, 0) is 9.88 Å². The van der Waals surface area contributed by atoms with Gasteiger partial charge in [-0.25, -0.2) is 0 Å². The lowest BCUT2D eigenvalue weighted by Crippen LogP contribution is -2.17. The Bertz CT molecular complexity index is 144. The molecule has 0 saturated heterocycles. The number of rotatable bonds is 1. The minimum atomic E-state index is -0.461. The molecule has 0 aromatic carbocycles. The van der Waals surface area contributed by atoms with Gasteiger partial charge in [-0.15, -0.1) is 0 Å². The Kier molecular flexibility index (Phi) is 1.86. The highest BCUT2D eigenvalue weighted by Gasteiger charge is 1.97. The minimum Gasteiger partial charge on any atom is -0.154 e. The fraction of sp³-hybridized carbons (Fsp3) is 0.333. The fourth-order valence-corrected chi connectivity index (χ4v) is 2.91. The van der Waals surface area contributed by atoms with Crippen LogP contribution in [0.25, 0.3) is 0 Å². The molecule has 0 nitrogen and oxygen atoms in total. The van der Waals surface area contributed by atoms with Gasteiger partial charge in [0, 0.05) is 0 Å². The van der Waals surface area contributed by atoms with Crippen molar-refractivity contribution in [3.8, 4) is 0 Å². The summed E-state index contributed by atoms with van der Waals surface area (Å²) in [6.07, 6.45) is 0. The second-order valence-corrected chi connectivity index (χ2v) is 6.50. The highest BCUT2D eigenvalue weighted by molar-refractivity contribution is 7.21. The van der Waals surface area contributed by atoms with E-state index < -0.39 is 8.80 Å². The van der Waals surface area contributed by atoms with E-state index in [1.165, 1.54) is 0 Å². The fourth-order valence-electron chi connectivity index (χ4n) is 0.620. The Morgan fingerprint density at radius 2 is 2.25 bits per heavy atom. The Labute approximate surface area is 55.8 Å². The van der Waals surface area contributed by atoms with E-state index in [-0.39, 0.29) is 0 Å². The maximum atomic E-state index is 2.35. The van der Waals surface area contributed by atoms with Crippen LogP contribution < -0.4 is 4.50 Å². The zero-order chi connectivity index (χ0) is 5.98. The van der Waals surface area contributed by atoms with Gasteiger partial charge in [0.2, 0.25) is 0 Å². The van der Waals surface area contributed by atoms with Crippen molar-refractivity contribution in [1.29, 1.82) is 0 Å². The van der Waals surface area contributed by atoms with Crippen LogP contribution in [0.3, 0.4) is 0 Å². The molecule has 2 heteroatoms. The summed E-state index contributed by atoms with van der Waals surface area (Å²) in [4.78, 5) is 0. The van der Waals surface area contributed by atoms with Crippen LogP contribution in [-0.4, -0.2) is 8.80 Å². The van der Waals surface area contributed by atoms with Gasteiger partial charge in [0.25, 0.3) is 0 Å². The molecule has 0 bridgehead atoms. The predicted octanol–water partition coefficient (Wildman–Crippen LogP) is 1.44. The summed E-state index contributed by atoms with van der Waals surface area (Å²) in [5.41, 5.74) is 0. The van der Waals surface area contributed by atoms with Gasteiger partial charge in [-0.2, -0.15) is 11.3 Å². The lowest BCUT2D eigenvalue weighted by atomic mass is 10.7. The molecule has 0 atom stereocenters. The lowest BCUT2D eigenvalue weighted by molar-refractivity contribution is 1.97. The van der Waals surface area contributed by atoms with Crippen molar-refractivity contribution in [3.63, 3.8) is 0 Å². The van der Waals surface area contributed by atoms with Crippen LogP contribution in [0.4, 0.5) is 0 Å². The van der Waals surface area contributed by atoms with E-state index in [2.05, 4.69) is 30.6 Å². The Morgan fingerprint density at radius 3 is 2.50 bits per heavy atom. The van der Waals surface area contributed by atoms with Gasteiger partial charge in [0.15, 0.2) is 0 Å². The van der Waals surface area contributed by atoms with E-state index in [4.69, 9.17) is 0 Å². The molecule has 0 unspecified atom stereocenters. The molecule has 0 aliphatic carbocycles. The van der Waals surface area contributed by atoms with Crippen LogP contribution in [0.5, 0.6) is 0 Å². The van der Waals surface area contributed by atoms with Crippen molar-refractivity contribution in [2.75, 3.05) is 0 Å². The second-order valence-electron chi connectivity index (χ2n) is 2.17. The first-order valence-electron chi connectivity index (χ1n) is 2.84. The zero-order valence-corrected chi connectivity index (χ0v) is 7.19. The van der Waals surface area contributed by atoms with Crippen molar-refractivity contribution in [2.24, 2.45) is 0 Å². The third-order valence-electron chi connectivity index (χ3n) is 1.11. The van der Waals surface area contributed by atoms with E-state index in [1.807, 2.05) is 11.3 Å². The van der Waals surface area contributed by atoms with Crippen molar-refractivity contribution in [2.45, 2.75) is 13.1 Å². The standard InChI is InChI=1S/C6H10SSi/c1-8(2)6-4-3-5-7-6/h3-5,8H,1-2H3. The van der Waals surface area contributed by atoms with E-state index in [0.717, 1.165) is 0 Å². The summed E-state index contributed by atoms with van der Waals surface area (Å²) >= 11 is 1.89. The maximum absolute atomic E-state index is 2.35. The molecule has 1 aromatic rings. The average Bonchev–Trinajstić information content (AvgIpc) is 2.12. The van der Waals surface area contributed by atoms with E-state index in [9.17, 15) is 0 Å². The number of hydrogen-bond acceptors (Lipinski definition) is 1. The monoisotopic (exact) mass is 142 g/mol. The first-order valence-corrected chi connectivity index (χ1v) is 6.60. The van der Waals surface area contributed by atoms with Gasteiger partial charge < -0.3 is 0 Å². The van der Waals surface area contributed by atoms with Crippen molar-refractivity contribution in [3.05, 3.63) is 17.5 Å². The van der Waals surface area contributed by atoms with Crippen LogP contribution in [0, 0.1) is 0 Å². The zero-order valence-electron chi connectivity index (χ0n) is 5.22. The summed E-state index contributed by atoms with van der Waals surface area (Å²) in [7, 11) is -0.461. The number of hydrogen-bond donors (Lipinski definition) is 0. The van der Waals surface area contributed by atoms with E-state index in [0.29, 0.717) is 0 Å². The summed E-state index contributed by atoms with van der Waals surface area (Å²) in [5, 5.41) is 2.16. The largest absolute Gasteiger partial charge is 0.154 e. The molecule has 8 heavy (non-hydrogen) atoms. The Morgan fingerprint density at radius 1 is 1.50 bits per heavy atom. The van der Waals surface area contributed by atoms with Gasteiger partial charge >= 0.3 is 0 Å². The predicted molar refractivity (Wildman–Crippen MR) is 42.8 cm³/mol. The molecule has 1 aromatic heterocycles. The molecular formula is C6H10SSi. The highest BCUT2D eigenvalue weighted by Crippen LogP contribution is 1.95. The normalized spacial score (nSPS) is 10.4. The molecule has 0 radical (unpaired) electrons. The second kappa shape index (κ2) is 2.46. The van der Waals surface area contributed by atoms with Crippen LogP contribution in [0.2, 0.25) is 13.1 Å². The lowest BCUT2D eigenvalue weighted by Gasteiger charge is -1.93. The first-order chi connectivity index (χ1) is 3.80. The van der Waals surface area contributed by atoms with Gasteiger partial charge in [-0.1, -0.05) is 25.2 Å². The molecular weight excluding hydrogens is 132 g/mol. The molecule has 44 valence electrons. The number of thiophene rings is 1. The third-order valence-corrected chi connectivity index (χ3v) is 4.97. The minimum absolute atomic E-state index is 0.461. The summed E-state index contributed by atoms with van der Waals surface area (Å²) < 4.78 is 1.62. The van der Waals surface area contributed by atoms with Crippen LogP contribution in [0.15, 0.2) is 17.5 Å². The smallest absolute Gasteiger partial charge is 0.0775 e. The first kappa shape index (κ1) is 6.04. The molecule has 0 aliphatic heterocycles. The van der Waals surface area contributed by atoms with Crippen molar-refractivity contribution < 1.29 is 0 Å². The molecule has 1 heterocycles. The summed E-state index contributed by atoms with van der Waals surface area (Å²) in [6, 6.07) is 4.37. The molecule has 0 amide bonds. The van der Waals surface area contributed by atoms with Gasteiger partial charge in [0.1, 0.15) is 0 Å². The van der Waals surface area contributed by atoms with Gasteiger partial charge in [-0.3, -0.25) is 0 Å². The highest BCUT2D eigenvalue weighted by atomic mass is 32.1. The van der Waals surface area contributed by atoms with E-state index >= 15 is 0 Å².